The molecule has 0 saturated carbocycles. The smallest absolute Gasteiger partial charge is 0.320 e. The van der Waals surface area contributed by atoms with Crippen molar-refractivity contribution in [3.8, 4) is 0 Å². The van der Waals surface area contributed by atoms with Gasteiger partial charge in [0, 0.05) is 26.8 Å². The maximum absolute atomic E-state index is 13.0. The molecule has 1 amide bonds. The first kappa shape index (κ1) is 16.2. The lowest BCUT2D eigenvalue weighted by atomic mass is 10.1. The molecule has 1 fully saturated rings. The number of aryl methyl sites for hydroxylation is 2. The highest BCUT2D eigenvalue weighted by atomic mass is 16.6. The lowest BCUT2D eigenvalue weighted by Crippen LogP contribution is -2.35. The molecule has 24 heavy (non-hydrogen) atoms. The molecule has 9 heteroatoms. The molecule has 1 aliphatic heterocycles. The van der Waals surface area contributed by atoms with Crippen molar-refractivity contribution in [2.75, 3.05) is 6.54 Å². The van der Waals surface area contributed by atoms with Gasteiger partial charge in [-0.3, -0.25) is 24.3 Å². The lowest BCUT2D eigenvalue weighted by molar-refractivity contribution is -0.385. The van der Waals surface area contributed by atoms with Crippen molar-refractivity contribution < 1.29 is 9.72 Å². The van der Waals surface area contributed by atoms with Gasteiger partial charge < -0.3 is 4.90 Å². The molecule has 0 spiro atoms. The van der Waals surface area contributed by atoms with Crippen molar-refractivity contribution in [2.24, 2.45) is 14.1 Å². The van der Waals surface area contributed by atoms with Crippen LogP contribution in [0, 0.1) is 10.1 Å². The molecular formula is C15H20N6O3. The molecule has 0 bridgehead atoms. The van der Waals surface area contributed by atoms with Crippen LogP contribution >= 0.6 is 0 Å². The number of rotatable bonds is 3. The molecule has 3 rings (SSSR count). The second-order valence-electron chi connectivity index (χ2n) is 6.07. The zero-order valence-corrected chi connectivity index (χ0v) is 13.8. The van der Waals surface area contributed by atoms with E-state index in [9.17, 15) is 14.9 Å². The average Bonchev–Trinajstić information content (AvgIpc) is 3.05. The van der Waals surface area contributed by atoms with E-state index in [1.54, 1.807) is 16.6 Å². The quantitative estimate of drug-likeness (QED) is 0.630. The Bertz CT molecular complexity index is 765. The molecule has 0 unspecified atom stereocenters. The summed E-state index contributed by atoms with van der Waals surface area (Å²) >= 11 is 0. The van der Waals surface area contributed by atoms with Crippen molar-refractivity contribution in [3.05, 3.63) is 40.0 Å². The fraction of sp³-hybridized carbons (Fsp3) is 0.533. The molecule has 2 aromatic heterocycles. The molecule has 9 nitrogen and oxygen atoms in total. The third-order valence-corrected chi connectivity index (χ3v) is 4.30. The van der Waals surface area contributed by atoms with Gasteiger partial charge in [-0.2, -0.15) is 10.2 Å². The van der Waals surface area contributed by atoms with E-state index in [2.05, 4.69) is 10.2 Å². The molecule has 1 saturated heterocycles. The number of amides is 1. The van der Waals surface area contributed by atoms with Gasteiger partial charge in [-0.25, -0.2) is 0 Å². The second kappa shape index (κ2) is 6.42. The van der Waals surface area contributed by atoms with Crippen LogP contribution in [0.4, 0.5) is 5.69 Å². The monoisotopic (exact) mass is 332 g/mol. The van der Waals surface area contributed by atoms with Crippen LogP contribution in [0.25, 0.3) is 0 Å². The Morgan fingerprint density at radius 1 is 1.25 bits per heavy atom. The van der Waals surface area contributed by atoms with Crippen LogP contribution in [0.5, 0.6) is 0 Å². The van der Waals surface area contributed by atoms with Crippen molar-refractivity contribution in [3.63, 3.8) is 0 Å². The number of hydrogen-bond donors (Lipinski definition) is 0. The summed E-state index contributed by atoms with van der Waals surface area (Å²) < 4.78 is 3.01. The fourth-order valence-corrected chi connectivity index (χ4v) is 3.17. The highest BCUT2D eigenvalue weighted by Gasteiger charge is 2.34. The van der Waals surface area contributed by atoms with Gasteiger partial charge in [-0.05, 0) is 18.9 Å². The first-order valence-electron chi connectivity index (χ1n) is 7.96. The van der Waals surface area contributed by atoms with Crippen LogP contribution in [0.1, 0.15) is 47.9 Å². The zero-order chi connectivity index (χ0) is 17.3. The average molecular weight is 332 g/mol. The Hall–Kier alpha value is -2.71. The van der Waals surface area contributed by atoms with Crippen LogP contribution in [0.2, 0.25) is 0 Å². The Morgan fingerprint density at radius 2 is 2.04 bits per heavy atom. The van der Waals surface area contributed by atoms with Gasteiger partial charge in [0.05, 0.1) is 16.7 Å². The van der Waals surface area contributed by atoms with Crippen molar-refractivity contribution in [1.82, 2.24) is 24.5 Å². The van der Waals surface area contributed by atoms with E-state index in [0.717, 1.165) is 31.4 Å². The summed E-state index contributed by atoms with van der Waals surface area (Å²) in [5, 5.41) is 19.7. The number of hydrogen-bond acceptors (Lipinski definition) is 5. The first-order valence-corrected chi connectivity index (χ1v) is 7.96. The molecule has 0 aromatic carbocycles. The number of nitro groups is 1. The summed E-state index contributed by atoms with van der Waals surface area (Å²) in [7, 11) is 3.40. The second-order valence-corrected chi connectivity index (χ2v) is 6.07. The summed E-state index contributed by atoms with van der Waals surface area (Å²) in [6.07, 6.45) is 6.79. The topological polar surface area (TPSA) is 99.1 Å². The predicted octanol–water partition coefficient (Wildman–Crippen LogP) is 1.82. The van der Waals surface area contributed by atoms with Gasteiger partial charge in [-0.1, -0.05) is 12.8 Å². The largest absolute Gasteiger partial charge is 0.328 e. The summed E-state index contributed by atoms with van der Waals surface area (Å²) in [5.41, 5.74) is 0.447. The minimum Gasteiger partial charge on any atom is -0.328 e. The minimum absolute atomic E-state index is 0.106. The number of nitrogens with zero attached hydrogens (tertiary/aromatic N) is 6. The fourth-order valence-electron chi connectivity index (χ4n) is 3.17. The van der Waals surface area contributed by atoms with Gasteiger partial charge in [0.1, 0.15) is 6.20 Å². The van der Waals surface area contributed by atoms with Gasteiger partial charge in [0.15, 0.2) is 0 Å². The molecule has 2 aromatic rings. The number of carbonyl (C=O) groups excluding carboxylic acids is 1. The lowest BCUT2D eigenvalue weighted by Gasteiger charge is -2.28. The zero-order valence-electron chi connectivity index (χ0n) is 13.8. The summed E-state index contributed by atoms with van der Waals surface area (Å²) in [5.74, 6) is -0.403. The van der Waals surface area contributed by atoms with E-state index in [0.29, 0.717) is 6.54 Å². The third kappa shape index (κ3) is 3.01. The normalized spacial score (nSPS) is 18.4. The van der Waals surface area contributed by atoms with E-state index < -0.39 is 10.8 Å². The Morgan fingerprint density at radius 3 is 2.71 bits per heavy atom. The molecular weight excluding hydrogens is 312 g/mol. The maximum Gasteiger partial charge on any atom is 0.320 e. The summed E-state index contributed by atoms with van der Waals surface area (Å²) in [6.45, 7) is 0.549. The van der Waals surface area contributed by atoms with E-state index in [-0.39, 0.29) is 17.4 Å². The highest BCUT2D eigenvalue weighted by molar-refractivity contribution is 5.96. The SMILES string of the molecule is Cn1ccc([C@@H]2CCCCCN2C(=O)c2nn(C)cc2[N+](=O)[O-])n1. The molecule has 128 valence electrons. The van der Waals surface area contributed by atoms with Crippen LogP contribution < -0.4 is 0 Å². The highest BCUT2D eigenvalue weighted by Crippen LogP contribution is 2.31. The summed E-state index contributed by atoms with van der Waals surface area (Å²) in [6, 6.07) is 1.71. The predicted molar refractivity (Wildman–Crippen MR) is 85.3 cm³/mol. The first-order chi connectivity index (χ1) is 11.5. The Kier molecular flexibility index (Phi) is 4.32. The molecule has 0 N–H and O–H groups in total. The van der Waals surface area contributed by atoms with E-state index in [1.165, 1.54) is 10.9 Å². The number of likely N-dealkylation sites (tertiary alicyclic amines) is 1. The van der Waals surface area contributed by atoms with Gasteiger partial charge in [0.25, 0.3) is 5.91 Å². The Balaban J connectivity index is 1.97. The van der Waals surface area contributed by atoms with E-state index in [4.69, 9.17) is 0 Å². The van der Waals surface area contributed by atoms with Crippen molar-refractivity contribution >= 4 is 11.6 Å². The third-order valence-electron chi connectivity index (χ3n) is 4.30. The van der Waals surface area contributed by atoms with Crippen LogP contribution in [0.15, 0.2) is 18.5 Å². The van der Waals surface area contributed by atoms with Gasteiger partial charge >= 0.3 is 5.69 Å². The van der Waals surface area contributed by atoms with Crippen LogP contribution in [-0.4, -0.2) is 41.8 Å². The molecule has 0 aliphatic carbocycles. The molecule has 3 heterocycles. The van der Waals surface area contributed by atoms with E-state index in [1.807, 2.05) is 19.3 Å². The molecule has 1 atom stereocenters. The van der Waals surface area contributed by atoms with Crippen LogP contribution in [-0.2, 0) is 14.1 Å². The van der Waals surface area contributed by atoms with Crippen molar-refractivity contribution in [1.29, 1.82) is 0 Å². The van der Waals surface area contributed by atoms with Gasteiger partial charge in [0.2, 0.25) is 5.69 Å². The minimum atomic E-state index is -0.562. The number of aromatic nitrogens is 4. The van der Waals surface area contributed by atoms with E-state index >= 15 is 0 Å². The Labute approximate surface area is 139 Å². The molecule has 0 radical (unpaired) electrons. The van der Waals surface area contributed by atoms with Crippen LogP contribution in [0.3, 0.4) is 0 Å². The number of carbonyl (C=O) groups is 1. The molecule has 1 aliphatic rings. The summed E-state index contributed by atoms with van der Waals surface area (Å²) in [4.78, 5) is 25.3. The van der Waals surface area contributed by atoms with Crippen molar-refractivity contribution in [2.45, 2.75) is 31.7 Å². The standard InChI is InChI=1S/C15H20N6O3/c1-18-9-7-11(16-18)12-6-4-3-5-8-20(12)15(22)14-13(21(23)24)10-19(2)17-14/h7,9-10,12H,3-6,8H2,1-2H3/t12-/m0/s1. The van der Waals surface area contributed by atoms with Gasteiger partial charge in [-0.15, -0.1) is 0 Å². The maximum atomic E-state index is 13.0.